The van der Waals surface area contributed by atoms with E-state index in [1.54, 1.807) is 0 Å². The van der Waals surface area contributed by atoms with Crippen molar-refractivity contribution in [3.8, 4) is 0 Å². The average molecular weight is 234 g/mol. The van der Waals surface area contributed by atoms with Gasteiger partial charge >= 0.3 is 0 Å². The summed E-state index contributed by atoms with van der Waals surface area (Å²) >= 11 is 0. The lowest BCUT2D eigenvalue weighted by Crippen LogP contribution is -2.35. The van der Waals surface area contributed by atoms with Gasteiger partial charge in [-0.05, 0) is 18.4 Å². The summed E-state index contributed by atoms with van der Waals surface area (Å²) in [5.74, 6) is 0.372. The first-order chi connectivity index (χ1) is 8.00. The van der Waals surface area contributed by atoms with Gasteiger partial charge in [0.25, 0.3) is 0 Å². The van der Waals surface area contributed by atoms with Gasteiger partial charge in [0.2, 0.25) is 5.91 Å². The third-order valence-corrected chi connectivity index (χ3v) is 2.65. The SMILES string of the molecule is CC(N)CC(=O)NC(c1ccccc1)C(C)C. The fourth-order valence-electron chi connectivity index (χ4n) is 1.82. The van der Waals surface area contributed by atoms with Gasteiger partial charge in [-0.1, -0.05) is 44.2 Å². The van der Waals surface area contributed by atoms with Crippen LogP contribution >= 0.6 is 0 Å². The number of hydrogen-bond donors (Lipinski definition) is 2. The van der Waals surface area contributed by atoms with Crippen molar-refractivity contribution in [2.24, 2.45) is 11.7 Å². The summed E-state index contributed by atoms with van der Waals surface area (Å²) in [6.45, 7) is 6.04. The molecule has 1 aromatic rings. The fraction of sp³-hybridized carbons (Fsp3) is 0.500. The molecule has 94 valence electrons. The maximum Gasteiger partial charge on any atom is 0.222 e. The standard InChI is InChI=1S/C14H22N2O/c1-10(2)14(12-7-5-4-6-8-12)16-13(17)9-11(3)15/h4-8,10-11,14H,9,15H2,1-3H3,(H,16,17). The number of nitrogens with two attached hydrogens (primary N) is 1. The Labute approximate surface area is 103 Å². The van der Waals surface area contributed by atoms with E-state index in [1.165, 1.54) is 0 Å². The fourth-order valence-corrected chi connectivity index (χ4v) is 1.82. The molecule has 0 radical (unpaired) electrons. The number of nitrogens with one attached hydrogen (secondary N) is 1. The molecule has 2 atom stereocenters. The zero-order valence-corrected chi connectivity index (χ0v) is 10.8. The molecule has 0 spiro atoms. The van der Waals surface area contributed by atoms with Crippen molar-refractivity contribution in [2.45, 2.75) is 39.3 Å². The van der Waals surface area contributed by atoms with Crippen LogP contribution in [0.5, 0.6) is 0 Å². The van der Waals surface area contributed by atoms with Gasteiger partial charge in [0, 0.05) is 12.5 Å². The molecule has 1 amide bonds. The highest BCUT2D eigenvalue weighted by Crippen LogP contribution is 2.21. The monoisotopic (exact) mass is 234 g/mol. The smallest absolute Gasteiger partial charge is 0.222 e. The van der Waals surface area contributed by atoms with E-state index >= 15 is 0 Å². The summed E-state index contributed by atoms with van der Waals surface area (Å²) in [5.41, 5.74) is 6.76. The molecule has 3 N–H and O–H groups in total. The van der Waals surface area contributed by atoms with E-state index in [-0.39, 0.29) is 18.0 Å². The largest absolute Gasteiger partial charge is 0.349 e. The van der Waals surface area contributed by atoms with E-state index < -0.39 is 0 Å². The van der Waals surface area contributed by atoms with Crippen LogP contribution in [0.1, 0.15) is 38.8 Å². The van der Waals surface area contributed by atoms with Crippen LogP contribution in [0.25, 0.3) is 0 Å². The Morgan fingerprint density at radius 1 is 1.24 bits per heavy atom. The number of hydrogen-bond acceptors (Lipinski definition) is 2. The minimum atomic E-state index is -0.0985. The van der Waals surface area contributed by atoms with Crippen molar-refractivity contribution in [3.05, 3.63) is 35.9 Å². The number of rotatable bonds is 5. The summed E-state index contributed by atoms with van der Waals surface area (Å²) in [6, 6.07) is 9.99. The van der Waals surface area contributed by atoms with Gasteiger partial charge in [0.15, 0.2) is 0 Å². The van der Waals surface area contributed by atoms with Gasteiger partial charge in [-0.15, -0.1) is 0 Å². The third kappa shape index (κ3) is 4.57. The van der Waals surface area contributed by atoms with Gasteiger partial charge in [-0.25, -0.2) is 0 Å². The zero-order chi connectivity index (χ0) is 12.8. The van der Waals surface area contributed by atoms with Gasteiger partial charge < -0.3 is 11.1 Å². The van der Waals surface area contributed by atoms with E-state index in [1.807, 2.05) is 37.3 Å². The highest BCUT2D eigenvalue weighted by molar-refractivity contribution is 5.77. The Morgan fingerprint density at radius 2 is 1.82 bits per heavy atom. The van der Waals surface area contributed by atoms with Crippen LogP contribution in [0.2, 0.25) is 0 Å². The van der Waals surface area contributed by atoms with Crippen LogP contribution < -0.4 is 11.1 Å². The minimum absolute atomic E-state index is 0.0163. The predicted octanol–water partition coefficient (Wildman–Crippen LogP) is 2.24. The summed E-state index contributed by atoms with van der Waals surface area (Å²) < 4.78 is 0. The van der Waals surface area contributed by atoms with Crippen molar-refractivity contribution < 1.29 is 4.79 Å². The van der Waals surface area contributed by atoms with Gasteiger partial charge in [-0.3, -0.25) is 4.79 Å². The number of carbonyl (C=O) groups excluding carboxylic acids is 1. The van der Waals surface area contributed by atoms with Crippen LogP contribution in [0.4, 0.5) is 0 Å². The second-order valence-electron chi connectivity index (χ2n) is 4.88. The molecule has 2 unspecified atom stereocenters. The Hall–Kier alpha value is -1.35. The highest BCUT2D eigenvalue weighted by Gasteiger charge is 2.18. The van der Waals surface area contributed by atoms with E-state index in [4.69, 9.17) is 5.73 Å². The lowest BCUT2D eigenvalue weighted by atomic mass is 9.96. The minimum Gasteiger partial charge on any atom is -0.349 e. The van der Waals surface area contributed by atoms with Crippen molar-refractivity contribution in [1.29, 1.82) is 0 Å². The topological polar surface area (TPSA) is 55.1 Å². The Balaban J connectivity index is 2.71. The molecule has 0 saturated heterocycles. The molecular weight excluding hydrogens is 212 g/mol. The van der Waals surface area contributed by atoms with Crippen molar-refractivity contribution in [1.82, 2.24) is 5.32 Å². The number of carbonyl (C=O) groups is 1. The summed E-state index contributed by atoms with van der Waals surface area (Å²) in [6.07, 6.45) is 0.371. The lowest BCUT2D eigenvalue weighted by Gasteiger charge is -2.23. The van der Waals surface area contributed by atoms with Gasteiger partial charge in [0.05, 0.1) is 6.04 Å². The second kappa shape index (κ2) is 6.40. The van der Waals surface area contributed by atoms with Crippen molar-refractivity contribution in [3.63, 3.8) is 0 Å². The van der Waals surface area contributed by atoms with E-state index in [9.17, 15) is 4.79 Å². The molecule has 3 nitrogen and oxygen atoms in total. The number of benzene rings is 1. The van der Waals surface area contributed by atoms with E-state index in [2.05, 4.69) is 19.2 Å². The molecule has 0 aliphatic heterocycles. The molecule has 0 heterocycles. The molecule has 0 aliphatic rings. The molecule has 0 fully saturated rings. The van der Waals surface area contributed by atoms with Gasteiger partial charge in [0.1, 0.15) is 0 Å². The van der Waals surface area contributed by atoms with Crippen molar-refractivity contribution in [2.75, 3.05) is 0 Å². The molecule has 3 heteroatoms. The van der Waals surface area contributed by atoms with Crippen LogP contribution in [-0.2, 0) is 4.79 Å². The van der Waals surface area contributed by atoms with E-state index in [0.717, 1.165) is 5.56 Å². The first-order valence-electron chi connectivity index (χ1n) is 6.10. The quantitative estimate of drug-likeness (QED) is 0.821. The molecule has 17 heavy (non-hydrogen) atoms. The summed E-state index contributed by atoms with van der Waals surface area (Å²) in [7, 11) is 0. The molecule has 0 aromatic heterocycles. The first kappa shape index (κ1) is 13.7. The lowest BCUT2D eigenvalue weighted by molar-refractivity contribution is -0.122. The average Bonchev–Trinajstić information content (AvgIpc) is 2.25. The molecule has 1 aromatic carbocycles. The van der Waals surface area contributed by atoms with Crippen LogP contribution in [0.15, 0.2) is 30.3 Å². The maximum absolute atomic E-state index is 11.8. The maximum atomic E-state index is 11.8. The number of amides is 1. The van der Waals surface area contributed by atoms with Crippen LogP contribution in [-0.4, -0.2) is 11.9 Å². The molecule has 1 rings (SSSR count). The summed E-state index contributed by atoms with van der Waals surface area (Å²) in [4.78, 5) is 11.8. The molecular formula is C14H22N2O. The molecule has 0 saturated carbocycles. The Morgan fingerprint density at radius 3 is 2.29 bits per heavy atom. The second-order valence-corrected chi connectivity index (χ2v) is 4.88. The van der Waals surface area contributed by atoms with E-state index in [0.29, 0.717) is 12.3 Å². The normalized spacial score (nSPS) is 14.4. The van der Waals surface area contributed by atoms with Crippen LogP contribution in [0.3, 0.4) is 0 Å². The zero-order valence-electron chi connectivity index (χ0n) is 10.8. The Bertz CT molecular complexity index is 346. The third-order valence-electron chi connectivity index (χ3n) is 2.65. The molecule has 0 bridgehead atoms. The molecule has 0 aliphatic carbocycles. The van der Waals surface area contributed by atoms with Gasteiger partial charge in [-0.2, -0.15) is 0 Å². The van der Waals surface area contributed by atoms with Crippen LogP contribution in [0, 0.1) is 5.92 Å². The van der Waals surface area contributed by atoms with Crippen molar-refractivity contribution >= 4 is 5.91 Å². The predicted molar refractivity (Wildman–Crippen MR) is 70.4 cm³/mol. The Kier molecular flexibility index (Phi) is 5.16. The summed E-state index contributed by atoms with van der Waals surface area (Å²) in [5, 5.41) is 3.05. The highest BCUT2D eigenvalue weighted by atomic mass is 16.1. The first-order valence-corrected chi connectivity index (χ1v) is 6.10.